The summed E-state index contributed by atoms with van der Waals surface area (Å²) in [6, 6.07) is 12.9. The molecule has 0 unspecified atom stereocenters. The first-order chi connectivity index (χ1) is 13.2. The van der Waals surface area contributed by atoms with Crippen molar-refractivity contribution in [1.82, 2.24) is 9.62 Å². The molecule has 2 aromatic carbocycles. The molecule has 1 saturated carbocycles. The molecule has 1 aliphatic rings. The Morgan fingerprint density at radius 2 is 1.82 bits per heavy atom. The number of benzene rings is 2. The molecule has 0 radical (unpaired) electrons. The van der Waals surface area contributed by atoms with Crippen LogP contribution in [0.15, 0.2) is 47.4 Å². The number of halogens is 1. The molecule has 1 fully saturated rings. The second-order valence-corrected chi connectivity index (χ2v) is 9.68. The first kappa shape index (κ1) is 20.8. The Labute approximate surface area is 171 Å². The van der Waals surface area contributed by atoms with Crippen molar-refractivity contribution in [2.45, 2.75) is 50.1 Å². The molecule has 0 aromatic heterocycles. The fourth-order valence-electron chi connectivity index (χ4n) is 3.08. The summed E-state index contributed by atoms with van der Waals surface area (Å²) in [6.07, 6.45) is 1.93. The van der Waals surface area contributed by atoms with E-state index in [1.807, 2.05) is 4.90 Å². The SMILES string of the molecule is CNS(=O)(=O)c1cc(C(=O)N(Cc2ccc(C(C)C)cc2)C2CC2)ccc1Cl. The van der Waals surface area contributed by atoms with Crippen molar-refractivity contribution in [2.75, 3.05) is 7.05 Å². The third kappa shape index (κ3) is 4.57. The number of nitrogens with zero attached hydrogens (tertiary/aromatic N) is 1. The van der Waals surface area contributed by atoms with Gasteiger partial charge in [-0.05, 0) is 55.1 Å². The van der Waals surface area contributed by atoms with E-state index in [9.17, 15) is 13.2 Å². The maximum Gasteiger partial charge on any atom is 0.254 e. The molecule has 0 spiro atoms. The topological polar surface area (TPSA) is 66.5 Å². The summed E-state index contributed by atoms with van der Waals surface area (Å²) < 4.78 is 26.6. The van der Waals surface area contributed by atoms with Gasteiger partial charge in [-0.25, -0.2) is 13.1 Å². The van der Waals surface area contributed by atoms with E-state index in [0.29, 0.717) is 18.0 Å². The Kier molecular flexibility index (Phi) is 6.12. The van der Waals surface area contributed by atoms with Gasteiger partial charge in [0.05, 0.1) is 5.02 Å². The molecule has 3 rings (SSSR count). The van der Waals surface area contributed by atoms with E-state index in [4.69, 9.17) is 11.6 Å². The van der Waals surface area contributed by atoms with Crippen LogP contribution in [0.5, 0.6) is 0 Å². The Hall–Kier alpha value is -1.89. The average molecular weight is 421 g/mol. The summed E-state index contributed by atoms with van der Waals surface area (Å²) in [5, 5.41) is 0.0909. The van der Waals surface area contributed by atoms with Crippen molar-refractivity contribution in [1.29, 1.82) is 0 Å². The molecule has 5 nitrogen and oxygen atoms in total. The fraction of sp³-hybridized carbons (Fsp3) is 0.381. The zero-order valence-electron chi connectivity index (χ0n) is 16.3. The van der Waals surface area contributed by atoms with Crippen LogP contribution in [-0.2, 0) is 16.6 Å². The first-order valence-electron chi connectivity index (χ1n) is 9.36. The molecule has 1 aliphatic carbocycles. The van der Waals surface area contributed by atoms with Crippen LogP contribution < -0.4 is 4.72 Å². The maximum absolute atomic E-state index is 13.2. The van der Waals surface area contributed by atoms with Gasteiger partial charge in [0.1, 0.15) is 4.90 Å². The molecule has 0 heterocycles. The van der Waals surface area contributed by atoms with Gasteiger partial charge in [-0.15, -0.1) is 0 Å². The highest BCUT2D eigenvalue weighted by Crippen LogP contribution is 2.31. The maximum atomic E-state index is 13.2. The predicted octanol–water partition coefficient (Wildman–Crippen LogP) is 4.18. The monoisotopic (exact) mass is 420 g/mol. The number of sulfonamides is 1. The first-order valence-corrected chi connectivity index (χ1v) is 11.2. The van der Waals surface area contributed by atoms with Crippen molar-refractivity contribution in [3.63, 3.8) is 0 Å². The molecular formula is C21H25ClN2O3S. The van der Waals surface area contributed by atoms with Crippen LogP contribution in [0, 0.1) is 0 Å². The molecule has 1 N–H and O–H groups in total. The van der Waals surface area contributed by atoms with Crippen molar-refractivity contribution in [2.24, 2.45) is 0 Å². The van der Waals surface area contributed by atoms with Crippen molar-refractivity contribution in [3.8, 4) is 0 Å². The van der Waals surface area contributed by atoms with Gasteiger partial charge in [0, 0.05) is 18.2 Å². The third-order valence-corrected chi connectivity index (χ3v) is 6.88. The molecule has 0 aliphatic heterocycles. The van der Waals surface area contributed by atoms with Crippen LogP contribution in [0.25, 0.3) is 0 Å². The number of amides is 1. The summed E-state index contributed by atoms with van der Waals surface area (Å²) >= 11 is 6.04. The van der Waals surface area contributed by atoms with Crippen molar-refractivity contribution < 1.29 is 13.2 Å². The highest BCUT2D eigenvalue weighted by molar-refractivity contribution is 7.89. The second-order valence-electron chi connectivity index (χ2n) is 7.41. The lowest BCUT2D eigenvalue weighted by Gasteiger charge is -2.23. The van der Waals surface area contributed by atoms with Crippen molar-refractivity contribution in [3.05, 3.63) is 64.2 Å². The van der Waals surface area contributed by atoms with Crippen LogP contribution in [0.2, 0.25) is 5.02 Å². The van der Waals surface area contributed by atoms with Gasteiger partial charge in [-0.2, -0.15) is 0 Å². The van der Waals surface area contributed by atoms with E-state index < -0.39 is 10.0 Å². The van der Waals surface area contributed by atoms with Gasteiger partial charge in [0.2, 0.25) is 10.0 Å². The van der Waals surface area contributed by atoms with E-state index in [1.54, 1.807) is 6.07 Å². The molecule has 7 heteroatoms. The minimum Gasteiger partial charge on any atom is -0.331 e. The lowest BCUT2D eigenvalue weighted by atomic mass is 10.0. The molecule has 1 amide bonds. The fourth-order valence-corrected chi connectivity index (χ4v) is 4.32. The smallest absolute Gasteiger partial charge is 0.254 e. The standard InChI is InChI=1S/C21H25ClN2O3S/c1-14(2)16-6-4-15(5-7-16)13-24(18-9-10-18)21(25)17-8-11-19(22)20(12-17)28(26,27)23-3/h4-8,11-12,14,18,23H,9-10,13H2,1-3H3. The Morgan fingerprint density at radius 1 is 1.18 bits per heavy atom. The number of nitrogens with one attached hydrogen (secondary N) is 1. The Morgan fingerprint density at radius 3 is 2.36 bits per heavy atom. The number of hydrogen-bond acceptors (Lipinski definition) is 3. The number of rotatable bonds is 7. The minimum absolute atomic E-state index is 0.0838. The van der Waals surface area contributed by atoms with E-state index in [2.05, 4.69) is 42.8 Å². The third-order valence-electron chi connectivity index (χ3n) is 4.98. The largest absolute Gasteiger partial charge is 0.331 e. The molecule has 2 aromatic rings. The van der Waals surface area contributed by atoms with Gasteiger partial charge in [-0.3, -0.25) is 4.79 Å². The summed E-state index contributed by atoms with van der Waals surface area (Å²) in [7, 11) is -2.42. The summed E-state index contributed by atoms with van der Waals surface area (Å²) in [6.45, 7) is 4.79. The van der Waals surface area contributed by atoms with E-state index >= 15 is 0 Å². The molecule has 150 valence electrons. The second kappa shape index (κ2) is 8.23. The van der Waals surface area contributed by atoms with E-state index in [-0.39, 0.29) is 21.9 Å². The lowest BCUT2D eigenvalue weighted by Crippen LogP contribution is -2.33. The zero-order valence-corrected chi connectivity index (χ0v) is 17.8. The summed E-state index contributed by atoms with van der Waals surface area (Å²) in [4.78, 5) is 14.9. The van der Waals surface area contributed by atoms with Gasteiger partial charge in [-0.1, -0.05) is 49.7 Å². The van der Waals surface area contributed by atoms with Gasteiger partial charge in [0.25, 0.3) is 5.91 Å². The average Bonchev–Trinajstić information content (AvgIpc) is 3.51. The highest BCUT2D eigenvalue weighted by Gasteiger charge is 2.33. The molecule has 0 bridgehead atoms. The van der Waals surface area contributed by atoms with E-state index in [1.165, 1.54) is 24.7 Å². The Balaban J connectivity index is 1.87. The van der Waals surface area contributed by atoms with Gasteiger partial charge < -0.3 is 4.90 Å². The van der Waals surface area contributed by atoms with Crippen LogP contribution in [0.1, 0.15) is 54.1 Å². The Bertz CT molecular complexity index is 968. The van der Waals surface area contributed by atoms with Gasteiger partial charge in [0.15, 0.2) is 0 Å². The number of carbonyl (C=O) groups is 1. The van der Waals surface area contributed by atoms with Crippen LogP contribution in [0.3, 0.4) is 0 Å². The zero-order chi connectivity index (χ0) is 20.5. The minimum atomic E-state index is -3.74. The van der Waals surface area contributed by atoms with Gasteiger partial charge >= 0.3 is 0 Å². The number of hydrogen-bond donors (Lipinski definition) is 1. The molecule has 28 heavy (non-hydrogen) atoms. The van der Waals surface area contributed by atoms with Crippen LogP contribution in [-0.4, -0.2) is 32.3 Å². The molecular weight excluding hydrogens is 396 g/mol. The normalized spacial score (nSPS) is 14.3. The van der Waals surface area contributed by atoms with E-state index in [0.717, 1.165) is 18.4 Å². The number of carbonyl (C=O) groups excluding carboxylic acids is 1. The van der Waals surface area contributed by atoms with Crippen LogP contribution >= 0.6 is 11.6 Å². The summed E-state index contributed by atoms with van der Waals surface area (Å²) in [5.41, 5.74) is 2.64. The summed E-state index contributed by atoms with van der Waals surface area (Å²) in [5.74, 6) is 0.275. The molecule has 0 saturated heterocycles. The van der Waals surface area contributed by atoms with Crippen LogP contribution in [0.4, 0.5) is 0 Å². The highest BCUT2D eigenvalue weighted by atomic mass is 35.5. The molecule has 0 atom stereocenters. The van der Waals surface area contributed by atoms with Crippen molar-refractivity contribution >= 4 is 27.5 Å². The quantitative estimate of drug-likeness (QED) is 0.730. The lowest BCUT2D eigenvalue weighted by molar-refractivity contribution is 0.0729. The predicted molar refractivity (Wildman–Crippen MR) is 111 cm³/mol.